The van der Waals surface area contributed by atoms with Gasteiger partial charge in [0.2, 0.25) is 0 Å². The lowest BCUT2D eigenvalue weighted by atomic mass is 10.2. The summed E-state index contributed by atoms with van der Waals surface area (Å²) in [6.07, 6.45) is 0. The van der Waals surface area contributed by atoms with Crippen molar-refractivity contribution in [2.75, 3.05) is 11.9 Å². The summed E-state index contributed by atoms with van der Waals surface area (Å²) in [5.41, 5.74) is -0.231. The number of hydrogen-bond donors (Lipinski definition) is 2. The Morgan fingerprint density at radius 2 is 2.31 bits per heavy atom. The zero-order chi connectivity index (χ0) is 9.42. The first-order chi connectivity index (χ1) is 6.18. The zero-order valence-corrected chi connectivity index (χ0v) is 6.78. The highest BCUT2D eigenvalue weighted by Gasteiger charge is 2.14. The predicted molar refractivity (Wildman–Crippen MR) is 46.2 cm³/mol. The number of fused-ring (bicyclic) bond motifs is 1. The van der Waals surface area contributed by atoms with Gasteiger partial charge in [-0.05, 0) is 6.07 Å². The fraction of sp³-hybridized carbons (Fsp3) is 0.250. The molecule has 0 saturated heterocycles. The van der Waals surface area contributed by atoms with Crippen molar-refractivity contribution >= 4 is 11.8 Å². The molecule has 1 aliphatic heterocycles. The Kier molecular flexibility index (Phi) is 1.58. The minimum absolute atomic E-state index is 0.0330. The average molecular weight is 180 g/mol. The number of pyridine rings is 1. The molecule has 1 aliphatic rings. The summed E-state index contributed by atoms with van der Waals surface area (Å²) in [4.78, 5) is 21.9. The van der Waals surface area contributed by atoms with Crippen LogP contribution in [-0.4, -0.2) is 22.2 Å². The Labute approximate surface area is 73.6 Å². The lowest BCUT2D eigenvalue weighted by Crippen LogP contribution is -2.18. The van der Waals surface area contributed by atoms with Crippen molar-refractivity contribution in [3.8, 4) is 0 Å². The molecule has 0 fully saturated rings. The maximum Gasteiger partial charge on any atom is 0.336 e. The summed E-state index contributed by atoms with van der Waals surface area (Å²) in [6, 6.07) is 2.61. The van der Waals surface area contributed by atoms with Gasteiger partial charge >= 0.3 is 5.97 Å². The highest BCUT2D eigenvalue weighted by Crippen LogP contribution is 2.12. The summed E-state index contributed by atoms with van der Waals surface area (Å²) in [5, 5.41) is 11.6. The molecule has 0 spiro atoms. The van der Waals surface area contributed by atoms with Crippen molar-refractivity contribution < 1.29 is 9.90 Å². The summed E-state index contributed by atoms with van der Waals surface area (Å²) < 4.78 is 1.52. The minimum atomic E-state index is -1.07. The van der Waals surface area contributed by atoms with Crippen molar-refractivity contribution in [3.05, 3.63) is 28.0 Å². The Bertz CT molecular complexity index is 422. The molecule has 0 radical (unpaired) electrons. The zero-order valence-electron chi connectivity index (χ0n) is 6.78. The summed E-state index contributed by atoms with van der Waals surface area (Å²) in [7, 11) is 0. The standard InChI is InChI=1S/C8H8N2O3/c11-7-4-5(8(12)13)3-6-9-1-2-10(6)7/h3-4,9H,1-2H2,(H,12,13). The molecule has 5 heteroatoms. The SMILES string of the molecule is O=C(O)c1cc2n(c(=O)c1)CCN2. The van der Waals surface area contributed by atoms with Gasteiger partial charge in [-0.2, -0.15) is 0 Å². The quantitative estimate of drug-likeness (QED) is 0.636. The van der Waals surface area contributed by atoms with Gasteiger partial charge in [0.15, 0.2) is 0 Å². The van der Waals surface area contributed by atoms with E-state index in [1.165, 1.54) is 10.6 Å². The van der Waals surface area contributed by atoms with Crippen LogP contribution in [0, 0.1) is 0 Å². The molecule has 0 atom stereocenters. The summed E-state index contributed by atoms with van der Waals surface area (Å²) >= 11 is 0. The van der Waals surface area contributed by atoms with Crippen LogP contribution in [0.1, 0.15) is 10.4 Å². The van der Waals surface area contributed by atoms with Crippen LogP contribution in [0.15, 0.2) is 16.9 Å². The molecule has 0 aliphatic carbocycles. The number of rotatable bonds is 1. The van der Waals surface area contributed by atoms with E-state index in [4.69, 9.17) is 5.11 Å². The third-order valence-electron chi connectivity index (χ3n) is 2.02. The number of carbonyl (C=O) groups is 1. The number of hydrogen-bond acceptors (Lipinski definition) is 3. The van der Waals surface area contributed by atoms with Crippen LogP contribution in [0.5, 0.6) is 0 Å². The summed E-state index contributed by atoms with van der Waals surface area (Å²) in [5.74, 6) is -0.487. The molecule has 68 valence electrons. The van der Waals surface area contributed by atoms with Gasteiger partial charge in [0.25, 0.3) is 5.56 Å². The van der Waals surface area contributed by atoms with Crippen molar-refractivity contribution in [1.82, 2.24) is 4.57 Å². The number of aromatic nitrogens is 1. The molecular formula is C8H8N2O3. The molecule has 0 bridgehead atoms. The average Bonchev–Trinajstić information content (AvgIpc) is 2.51. The summed E-state index contributed by atoms with van der Waals surface area (Å²) in [6.45, 7) is 1.28. The predicted octanol–water partition coefficient (Wildman–Crippen LogP) is -0.0280. The lowest BCUT2D eigenvalue weighted by Gasteiger charge is -2.02. The molecule has 2 N–H and O–H groups in total. The van der Waals surface area contributed by atoms with Crippen molar-refractivity contribution in [2.24, 2.45) is 0 Å². The molecule has 0 saturated carbocycles. The van der Waals surface area contributed by atoms with Crippen LogP contribution in [0.2, 0.25) is 0 Å². The number of nitrogens with one attached hydrogen (secondary N) is 1. The molecule has 0 amide bonds. The third kappa shape index (κ3) is 1.18. The lowest BCUT2D eigenvalue weighted by molar-refractivity contribution is 0.0696. The largest absolute Gasteiger partial charge is 0.478 e. The maximum atomic E-state index is 11.3. The van der Waals surface area contributed by atoms with E-state index in [0.29, 0.717) is 18.9 Å². The third-order valence-corrected chi connectivity index (χ3v) is 2.02. The van der Waals surface area contributed by atoms with E-state index in [0.717, 1.165) is 6.07 Å². The molecule has 0 aromatic carbocycles. The number of anilines is 1. The molecule has 2 rings (SSSR count). The van der Waals surface area contributed by atoms with E-state index >= 15 is 0 Å². The van der Waals surface area contributed by atoms with Crippen molar-refractivity contribution in [2.45, 2.75) is 6.54 Å². The van der Waals surface area contributed by atoms with E-state index in [-0.39, 0.29) is 11.1 Å². The molecule has 1 aromatic heterocycles. The van der Waals surface area contributed by atoms with Gasteiger partial charge in [-0.15, -0.1) is 0 Å². The second-order valence-electron chi connectivity index (χ2n) is 2.85. The number of carboxylic acid groups (broad SMARTS) is 1. The van der Waals surface area contributed by atoms with Gasteiger partial charge in [0.05, 0.1) is 5.56 Å². The molecule has 5 nitrogen and oxygen atoms in total. The second-order valence-corrected chi connectivity index (χ2v) is 2.85. The van der Waals surface area contributed by atoms with Gasteiger partial charge in [-0.25, -0.2) is 4.79 Å². The van der Waals surface area contributed by atoms with Gasteiger partial charge in [0, 0.05) is 19.2 Å². The Balaban J connectivity index is 2.62. The highest BCUT2D eigenvalue weighted by atomic mass is 16.4. The van der Waals surface area contributed by atoms with Crippen LogP contribution in [0.4, 0.5) is 5.82 Å². The maximum absolute atomic E-state index is 11.3. The van der Waals surface area contributed by atoms with Crippen molar-refractivity contribution in [1.29, 1.82) is 0 Å². The van der Waals surface area contributed by atoms with E-state index in [9.17, 15) is 9.59 Å². The number of nitrogens with zero attached hydrogens (tertiary/aromatic N) is 1. The smallest absolute Gasteiger partial charge is 0.336 e. The number of carboxylic acids is 1. The van der Waals surface area contributed by atoms with Crippen molar-refractivity contribution in [3.63, 3.8) is 0 Å². The number of aromatic carboxylic acids is 1. The van der Waals surface area contributed by atoms with Crippen LogP contribution < -0.4 is 10.9 Å². The van der Waals surface area contributed by atoms with Gasteiger partial charge < -0.3 is 10.4 Å². The first-order valence-electron chi connectivity index (χ1n) is 3.90. The van der Waals surface area contributed by atoms with Crippen LogP contribution in [0.3, 0.4) is 0 Å². The molecule has 0 unspecified atom stereocenters. The molecule has 2 heterocycles. The monoisotopic (exact) mass is 180 g/mol. The van der Waals surface area contributed by atoms with Crippen LogP contribution in [-0.2, 0) is 6.54 Å². The van der Waals surface area contributed by atoms with Gasteiger partial charge in [-0.1, -0.05) is 0 Å². The Hall–Kier alpha value is -1.78. The fourth-order valence-electron chi connectivity index (χ4n) is 1.39. The van der Waals surface area contributed by atoms with Crippen LogP contribution in [0.25, 0.3) is 0 Å². The van der Waals surface area contributed by atoms with Gasteiger partial charge in [-0.3, -0.25) is 9.36 Å². The fourth-order valence-corrected chi connectivity index (χ4v) is 1.39. The topological polar surface area (TPSA) is 71.3 Å². The normalized spacial score (nSPS) is 13.5. The van der Waals surface area contributed by atoms with E-state index < -0.39 is 5.97 Å². The highest BCUT2D eigenvalue weighted by molar-refractivity contribution is 5.88. The minimum Gasteiger partial charge on any atom is -0.478 e. The first kappa shape index (κ1) is 7.85. The molecule has 13 heavy (non-hydrogen) atoms. The van der Waals surface area contributed by atoms with Crippen LogP contribution >= 0.6 is 0 Å². The van der Waals surface area contributed by atoms with E-state index in [1.54, 1.807) is 0 Å². The first-order valence-corrected chi connectivity index (χ1v) is 3.90. The van der Waals surface area contributed by atoms with E-state index in [2.05, 4.69) is 5.32 Å². The Morgan fingerprint density at radius 3 is 3.00 bits per heavy atom. The molecular weight excluding hydrogens is 172 g/mol. The van der Waals surface area contributed by atoms with E-state index in [1.807, 2.05) is 0 Å². The van der Waals surface area contributed by atoms with Gasteiger partial charge in [0.1, 0.15) is 5.82 Å². The Morgan fingerprint density at radius 1 is 1.54 bits per heavy atom. The molecule has 1 aromatic rings. The second kappa shape index (κ2) is 2.62.